The molecular formula is C12H16ClN3O3S. The molecule has 20 heavy (non-hydrogen) atoms. The maximum Gasteiger partial charge on any atom is 0.266 e. The molecule has 0 radical (unpaired) electrons. The van der Waals surface area contributed by atoms with E-state index >= 15 is 0 Å². The number of rotatable bonds is 7. The zero-order valence-corrected chi connectivity index (χ0v) is 12.3. The van der Waals surface area contributed by atoms with E-state index in [0.29, 0.717) is 0 Å². The largest absolute Gasteiger partial charge is 0.329 e. The number of hydrogen-bond donors (Lipinski definition) is 2. The first kappa shape index (κ1) is 16.6. The summed E-state index contributed by atoms with van der Waals surface area (Å²) in [6, 6.07) is 3.00. The lowest BCUT2D eigenvalue weighted by Gasteiger charge is -2.16. The Bertz CT molecular complexity index is 563. The van der Waals surface area contributed by atoms with Crippen LogP contribution in [-0.2, 0) is 10.0 Å². The van der Waals surface area contributed by atoms with Crippen molar-refractivity contribution in [2.24, 2.45) is 5.73 Å². The third kappa shape index (κ3) is 4.59. The highest BCUT2D eigenvalue weighted by Crippen LogP contribution is 2.13. The normalized spacial score (nSPS) is 14.3. The molecule has 0 aliphatic heterocycles. The molecule has 0 aromatic carbocycles. The van der Waals surface area contributed by atoms with Gasteiger partial charge >= 0.3 is 0 Å². The maximum absolute atomic E-state index is 12.1. The number of nitrogens with zero attached hydrogens (tertiary/aromatic N) is 1. The van der Waals surface area contributed by atoms with Gasteiger partial charge in [-0.3, -0.25) is 9.78 Å². The van der Waals surface area contributed by atoms with Crippen molar-refractivity contribution < 1.29 is 13.2 Å². The lowest BCUT2D eigenvalue weighted by Crippen LogP contribution is -2.39. The predicted octanol–water partition coefficient (Wildman–Crippen LogP) is 0.652. The Kier molecular flexibility index (Phi) is 6.12. The van der Waals surface area contributed by atoms with E-state index in [9.17, 15) is 13.2 Å². The number of halogens is 1. The Morgan fingerprint density at radius 3 is 2.80 bits per heavy atom. The molecule has 0 bridgehead atoms. The van der Waals surface area contributed by atoms with Crippen LogP contribution in [0.2, 0.25) is 0 Å². The molecule has 0 spiro atoms. The monoisotopic (exact) mass is 317 g/mol. The Morgan fingerprint density at radius 2 is 2.30 bits per heavy atom. The zero-order valence-electron chi connectivity index (χ0n) is 10.7. The fourth-order valence-electron chi connectivity index (χ4n) is 1.46. The number of alkyl halides is 1. The quantitative estimate of drug-likeness (QED) is 0.568. The zero-order chi connectivity index (χ0) is 15.2. The summed E-state index contributed by atoms with van der Waals surface area (Å²) in [5, 5.41) is -1.50. The average molecular weight is 318 g/mol. The third-order valence-electron chi connectivity index (χ3n) is 2.56. The number of carbonyl (C=O) groups excluding carboxylic acids is 1. The lowest BCUT2D eigenvalue weighted by atomic mass is 10.2. The molecule has 0 saturated heterocycles. The summed E-state index contributed by atoms with van der Waals surface area (Å²) in [4.78, 5) is 15.6. The van der Waals surface area contributed by atoms with Crippen LogP contribution < -0.4 is 10.5 Å². The van der Waals surface area contributed by atoms with Crippen LogP contribution in [0.25, 0.3) is 0 Å². The number of hydrogen-bond acceptors (Lipinski definition) is 5. The third-order valence-corrected chi connectivity index (χ3v) is 4.57. The summed E-state index contributed by atoms with van der Waals surface area (Å²) >= 11 is 5.84. The van der Waals surface area contributed by atoms with Gasteiger partial charge in [-0.05, 0) is 18.6 Å². The maximum atomic E-state index is 12.1. The fourth-order valence-corrected chi connectivity index (χ4v) is 3.02. The molecule has 6 nitrogen and oxygen atoms in total. The van der Waals surface area contributed by atoms with Crippen LogP contribution >= 0.6 is 11.6 Å². The molecule has 3 N–H and O–H groups in total. The van der Waals surface area contributed by atoms with Crippen molar-refractivity contribution in [2.45, 2.75) is 17.0 Å². The molecule has 1 amide bonds. The van der Waals surface area contributed by atoms with E-state index in [-0.39, 0.29) is 18.5 Å². The van der Waals surface area contributed by atoms with Crippen molar-refractivity contribution in [3.63, 3.8) is 0 Å². The van der Waals surface area contributed by atoms with E-state index < -0.39 is 26.6 Å². The molecule has 0 saturated carbocycles. The lowest BCUT2D eigenvalue weighted by molar-refractivity contribution is 0.0981. The van der Waals surface area contributed by atoms with Gasteiger partial charge in [0.25, 0.3) is 5.91 Å². The van der Waals surface area contributed by atoms with E-state index in [1.54, 1.807) is 0 Å². The minimum Gasteiger partial charge on any atom is -0.329 e. The van der Waals surface area contributed by atoms with Gasteiger partial charge in [-0.25, -0.2) is 13.1 Å². The highest BCUT2D eigenvalue weighted by atomic mass is 35.5. The number of sulfonamides is 1. The minimum atomic E-state index is -3.91. The average Bonchev–Trinajstić information content (AvgIpc) is 2.44. The Morgan fingerprint density at radius 1 is 1.60 bits per heavy atom. The van der Waals surface area contributed by atoms with Gasteiger partial charge in [0.15, 0.2) is 0 Å². The second kappa shape index (κ2) is 7.37. The molecule has 2 atom stereocenters. The van der Waals surface area contributed by atoms with E-state index in [1.165, 1.54) is 30.6 Å². The van der Waals surface area contributed by atoms with Crippen LogP contribution in [0.1, 0.15) is 16.8 Å². The van der Waals surface area contributed by atoms with Gasteiger partial charge in [0.05, 0.1) is 10.8 Å². The van der Waals surface area contributed by atoms with Crippen molar-refractivity contribution in [3.05, 3.63) is 42.7 Å². The summed E-state index contributed by atoms with van der Waals surface area (Å²) in [7, 11) is -3.91. The molecule has 0 fully saturated rings. The SMILES string of the molecule is C=CC(CC(Cl)CN)S(=O)(=O)NC(=O)c1cccnc1. The molecule has 0 aliphatic rings. The number of aromatic nitrogens is 1. The molecule has 1 heterocycles. The summed E-state index contributed by atoms with van der Waals surface area (Å²) < 4.78 is 26.1. The van der Waals surface area contributed by atoms with Crippen molar-refractivity contribution in [1.29, 1.82) is 0 Å². The van der Waals surface area contributed by atoms with E-state index in [1.807, 2.05) is 4.72 Å². The summed E-state index contributed by atoms with van der Waals surface area (Å²) in [5.74, 6) is -0.746. The highest BCUT2D eigenvalue weighted by Gasteiger charge is 2.27. The van der Waals surface area contributed by atoms with Crippen molar-refractivity contribution in [3.8, 4) is 0 Å². The Balaban J connectivity index is 2.82. The van der Waals surface area contributed by atoms with E-state index in [2.05, 4.69) is 11.6 Å². The highest BCUT2D eigenvalue weighted by molar-refractivity contribution is 7.90. The van der Waals surface area contributed by atoms with Crippen molar-refractivity contribution in [2.75, 3.05) is 6.54 Å². The van der Waals surface area contributed by atoms with E-state index in [0.717, 1.165) is 0 Å². The van der Waals surface area contributed by atoms with Gasteiger partial charge in [-0.1, -0.05) is 6.08 Å². The molecule has 0 aliphatic carbocycles. The Hall–Kier alpha value is -1.44. The van der Waals surface area contributed by atoms with Gasteiger partial charge in [0, 0.05) is 24.3 Å². The van der Waals surface area contributed by atoms with Gasteiger partial charge in [0.1, 0.15) is 0 Å². The first-order valence-corrected chi connectivity index (χ1v) is 7.81. The number of amides is 1. The second-order valence-electron chi connectivity index (χ2n) is 4.06. The van der Waals surface area contributed by atoms with Crippen LogP contribution in [0, 0.1) is 0 Å². The summed E-state index contributed by atoms with van der Waals surface area (Å²) in [6.07, 6.45) is 4.07. The van der Waals surface area contributed by atoms with Gasteiger partial charge < -0.3 is 5.73 Å². The molecular weight excluding hydrogens is 302 g/mol. The van der Waals surface area contributed by atoms with E-state index in [4.69, 9.17) is 17.3 Å². The first-order valence-electron chi connectivity index (χ1n) is 5.83. The minimum absolute atomic E-state index is 0.0806. The molecule has 1 rings (SSSR count). The van der Waals surface area contributed by atoms with Gasteiger partial charge in [-0.15, -0.1) is 18.2 Å². The van der Waals surface area contributed by atoms with Crippen LogP contribution in [0.4, 0.5) is 0 Å². The number of carbonyl (C=O) groups is 1. The molecule has 110 valence electrons. The molecule has 2 unspecified atom stereocenters. The topological polar surface area (TPSA) is 102 Å². The number of pyridine rings is 1. The van der Waals surface area contributed by atoms with Gasteiger partial charge in [0.2, 0.25) is 10.0 Å². The summed E-state index contributed by atoms with van der Waals surface area (Å²) in [5.41, 5.74) is 5.51. The summed E-state index contributed by atoms with van der Waals surface area (Å²) in [6.45, 7) is 3.59. The predicted molar refractivity (Wildman–Crippen MR) is 77.9 cm³/mol. The standard InChI is InChI=1S/C12H16ClN3O3S/c1-2-11(6-10(13)7-14)20(18,19)16-12(17)9-4-3-5-15-8-9/h2-5,8,10-11H,1,6-7,14H2,(H,16,17). The van der Waals surface area contributed by atoms with Crippen LogP contribution in [0.5, 0.6) is 0 Å². The number of nitrogens with one attached hydrogen (secondary N) is 1. The second-order valence-corrected chi connectivity index (χ2v) is 6.58. The number of nitrogens with two attached hydrogens (primary N) is 1. The first-order chi connectivity index (χ1) is 9.40. The van der Waals surface area contributed by atoms with Gasteiger partial charge in [-0.2, -0.15) is 0 Å². The molecule has 1 aromatic heterocycles. The van der Waals surface area contributed by atoms with Crippen molar-refractivity contribution in [1.82, 2.24) is 9.71 Å². The smallest absolute Gasteiger partial charge is 0.266 e. The van der Waals surface area contributed by atoms with Crippen molar-refractivity contribution >= 4 is 27.5 Å². The van der Waals surface area contributed by atoms with Crippen LogP contribution in [0.3, 0.4) is 0 Å². The van der Waals surface area contributed by atoms with Crippen LogP contribution in [0.15, 0.2) is 37.2 Å². The Labute approximate surface area is 123 Å². The van der Waals surface area contributed by atoms with Crippen LogP contribution in [-0.4, -0.2) is 36.5 Å². The molecule has 1 aromatic rings. The fraction of sp³-hybridized carbons (Fsp3) is 0.333. The molecule has 8 heteroatoms.